The molecule has 0 aromatic carbocycles. The first-order valence-corrected chi connectivity index (χ1v) is 5.93. The van der Waals surface area contributed by atoms with Crippen LogP contribution in [0.15, 0.2) is 12.4 Å². The van der Waals surface area contributed by atoms with Gasteiger partial charge in [0.15, 0.2) is 5.52 Å². The Bertz CT molecular complexity index is 544. The Labute approximate surface area is 109 Å². The summed E-state index contributed by atoms with van der Waals surface area (Å²) in [6.45, 7) is 0.165. The molecule has 0 radical (unpaired) electrons. The number of aromatic nitrogens is 3. The van der Waals surface area contributed by atoms with Gasteiger partial charge in [-0.1, -0.05) is 4.98 Å². The zero-order chi connectivity index (χ0) is 13.8. The molecule has 2 heterocycles. The number of nitrogens with zero attached hydrogens (tertiary/aromatic N) is 1. The molecule has 0 saturated heterocycles. The molecule has 8 nitrogen and oxygen atoms in total. The Morgan fingerprint density at radius 3 is 2.95 bits per heavy atom. The van der Waals surface area contributed by atoms with Crippen molar-refractivity contribution in [2.45, 2.75) is 18.8 Å². The van der Waals surface area contributed by atoms with Crippen LogP contribution in [0.1, 0.15) is 5.56 Å². The van der Waals surface area contributed by atoms with Crippen LogP contribution < -0.4 is 16.0 Å². The lowest BCUT2D eigenvalue weighted by atomic mass is 10.2. The van der Waals surface area contributed by atoms with Crippen LogP contribution >= 0.6 is 0 Å². The van der Waals surface area contributed by atoms with Crippen molar-refractivity contribution in [2.24, 2.45) is 0 Å². The zero-order valence-electron chi connectivity index (χ0n) is 10.3. The second-order valence-corrected chi connectivity index (χ2v) is 4.31. The Morgan fingerprint density at radius 1 is 1.42 bits per heavy atom. The van der Waals surface area contributed by atoms with Gasteiger partial charge in [0.2, 0.25) is 0 Å². The lowest BCUT2D eigenvalue weighted by Gasteiger charge is -2.15. The molecule has 0 saturated carbocycles. The van der Waals surface area contributed by atoms with Gasteiger partial charge in [0.1, 0.15) is 11.6 Å². The highest BCUT2D eigenvalue weighted by atomic mass is 16.4. The SMILES string of the molecule is Nc1nc2c(CNC[C@@H](O)[C@H](O)CO)c[nH]c2c[nH+]1. The maximum Gasteiger partial charge on any atom is 0.387 e. The highest BCUT2D eigenvalue weighted by Crippen LogP contribution is 2.14. The van der Waals surface area contributed by atoms with Gasteiger partial charge < -0.3 is 25.6 Å². The lowest BCUT2D eigenvalue weighted by molar-refractivity contribution is -0.362. The maximum absolute atomic E-state index is 9.48. The standard InChI is InChI=1S/C11H17N5O3/c12-11-15-3-7-10(16-11)6(2-14-7)1-13-4-8(18)9(19)5-17/h2-3,8-9,13-14,17-19H,1,4-5H2,(H2,12,15,16)/p+1/t8-,9-/m1/s1. The number of nitrogens with one attached hydrogen (secondary N) is 3. The molecule has 0 unspecified atom stereocenters. The number of nitrogen functional groups attached to an aromatic ring is 1. The number of anilines is 1. The van der Waals surface area contributed by atoms with Gasteiger partial charge in [0.05, 0.1) is 18.9 Å². The molecule has 0 aliphatic heterocycles. The molecule has 8 heteroatoms. The molecule has 0 amide bonds. The van der Waals surface area contributed by atoms with Crippen LogP contribution in [0, 0.1) is 0 Å². The van der Waals surface area contributed by atoms with Gasteiger partial charge in [-0.3, -0.25) is 5.73 Å². The average molecular weight is 268 g/mol. The summed E-state index contributed by atoms with van der Waals surface area (Å²) in [6.07, 6.45) is 1.37. The predicted molar refractivity (Wildman–Crippen MR) is 67.9 cm³/mol. The van der Waals surface area contributed by atoms with E-state index in [1.165, 1.54) is 0 Å². The molecule has 104 valence electrons. The van der Waals surface area contributed by atoms with E-state index < -0.39 is 18.8 Å². The average Bonchev–Trinajstić information content (AvgIpc) is 2.80. The van der Waals surface area contributed by atoms with Crippen LogP contribution in [-0.4, -0.2) is 50.6 Å². The molecule has 2 aromatic heterocycles. The number of nitrogens with two attached hydrogens (primary N) is 1. The predicted octanol–water partition coefficient (Wildman–Crippen LogP) is -2.24. The summed E-state index contributed by atoms with van der Waals surface area (Å²) in [5.41, 5.74) is 8.07. The Balaban J connectivity index is 1.96. The highest BCUT2D eigenvalue weighted by molar-refractivity contribution is 5.77. The summed E-state index contributed by atoms with van der Waals surface area (Å²) in [5, 5.41) is 30.4. The number of aliphatic hydroxyl groups is 3. The van der Waals surface area contributed by atoms with Crippen LogP contribution in [0.5, 0.6) is 0 Å². The molecule has 2 aromatic rings. The van der Waals surface area contributed by atoms with Crippen LogP contribution in [0.3, 0.4) is 0 Å². The van der Waals surface area contributed by atoms with Crippen LogP contribution in [0.25, 0.3) is 11.0 Å². The normalized spacial score (nSPS) is 14.7. The third-order valence-corrected chi connectivity index (χ3v) is 2.86. The van der Waals surface area contributed by atoms with E-state index in [1.54, 1.807) is 12.4 Å². The van der Waals surface area contributed by atoms with Crippen molar-refractivity contribution in [3.63, 3.8) is 0 Å². The summed E-state index contributed by atoms with van der Waals surface area (Å²) < 4.78 is 0. The first-order chi connectivity index (χ1) is 9.11. The van der Waals surface area contributed by atoms with E-state index in [9.17, 15) is 10.2 Å². The van der Waals surface area contributed by atoms with Crippen LogP contribution in [0.2, 0.25) is 0 Å². The van der Waals surface area contributed by atoms with Crippen LogP contribution in [-0.2, 0) is 6.54 Å². The molecule has 19 heavy (non-hydrogen) atoms. The van der Waals surface area contributed by atoms with Crippen molar-refractivity contribution >= 4 is 17.0 Å². The Morgan fingerprint density at radius 2 is 2.21 bits per heavy atom. The van der Waals surface area contributed by atoms with E-state index in [-0.39, 0.29) is 6.54 Å². The maximum atomic E-state index is 9.48. The molecule has 2 rings (SSSR count). The molecule has 0 spiro atoms. The van der Waals surface area contributed by atoms with Crippen molar-refractivity contribution in [3.05, 3.63) is 18.0 Å². The monoisotopic (exact) mass is 268 g/mol. The smallest absolute Gasteiger partial charge is 0.387 e. The van der Waals surface area contributed by atoms with Gasteiger partial charge in [0.25, 0.3) is 0 Å². The zero-order valence-corrected chi connectivity index (χ0v) is 10.3. The van der Waals surface area contributed by atoms with E-state index in [4.69, 9.17) is 10.8 Å². The van der Waals surface area contributed by atoms with Crippen LogP contribution in [0.4, 0.5) is 5.95 Å². The summed E-state index contributed by atoms with van der Waals surface area (Å²) in [7, 11) is 0. The number of H-pyrrole nitrogens is 2. The summed E-state index contributed by atoms with van der Waals surface area (Å²) in [4.78, 5) is 10.0. The molecular weight excluding hydrogens is 250 g/mol. The summed E-state index contributed by atoms with van der Waals surface area (Å²) >= 11 is 0. The molecule has 2 atom stereocenters. The first-order valence-electron chi connectivity index (χ1n) is 5.93. The van der Waals surface area contributed by atoms with Gasteiger partial charge in [-0.2, -0.15) is 0 Å². The van der Waals surface area contributed by atoms with E-state index >= 15 is 0 Å². The van der Waals surface area contributed by atoms with Crippen molar-refractivity contribution < 1.29 is 20.3 Å². The number of fused-ring (bicyclic) bond motifs is 1. The van der Waals surface area contributed by atoms with Gasteiger partial charge in [-0.05, 0) is 0 Å². The second kappa shape index (κ2) is 5.93. The minimum atomic E-state index is -1.14. The lowest BCUT2D eigenvalue weighted by Crippen LogP contribution is -2.38. The molecule has 0 bridgehead atoms. The fourth-order valence-corrected chi connectivity index (χ4v) is 1.76. The largest absolute Gasteiger partial charge is 0.394 e. The quantitative estimate of drug-likeness (QED) is 0.350. The van der Waals surface area contributed by atoms with Crippen molar-refractivity contribution in [2.75, 3.05) is 18.9 Å². The summed E-state index contributed by atoms with van der Waals surface area (Å²) in [6, 6.07) is 0. The number of hydrogen-bond donors (Lipinski definition) is 6. The van der Waals surface area contributed by atoms with Crippen molar-refractivity contribution in [1.29, 1.82) is 0 Å². The third-order valence-electron chi connectivity index (χ3n) is 2.86. The van der Waals surface area contributed by atoms with Gasteiger partial charge >= 0.3 is 5.95 Å². The van der Waals surface area contributed by atoms with Gasteiger partial charge in [0, 0.05) is 24.8 Å². The molecule has 0 aliphatic rings. The second-order valence-electron chi connectivity index (χ2n) is 4.31. The summed E-state index contributed by atoms with van der Waals surface area (Å²) in [5.74, 6) is 0.323. The van der Waals surface area contributed by atoms with E-state index in [1.807, 2.05) is 0 Å². The fraction of sp³-hybridized carbons (Fsp3) is 0.455. The number of aromatic amines is 2. The highest BCUT2D eigenvalue weighted by Gasteiger charge is 2.15. The van der Waals surface area contributed by atoms with Crippen molar-refractivity contribution in [1.82, 2.24) is 15.3 Å². The van der Waals surface area contributed by atoms with Crippen molar-refractivity contribution in [3.8, 4) is 0 Å². The number of rotatable bonds is 6. The molecule has 0 aliphatic carbocycles. The molecular formula is C11H18N5O3+. The molecule has 8 N–H and O–H groups in total. The Hall–Kier alpha value is -1.74. The van der Waals surface area contributed by atoms with E-state index in [2.05, 4.69) is 20.3 Å². The minimum absolute atomic E-state index is 0.169. The number of hydrogen-bond acceptors (Lipinski definition) is 6. The molecule has 0 fully saturated rings. The number of aliphatic hydroxyl groups excluding tert-OH is 3. The van der Waals surface area contributed by atoms with E-state index in [0.29, 0.717) is 12.5 Å². The fourth-order valence-electron chi connectivity index (χ4n) is 1.76. The van der Waals surface area contributed by atoms with Gasteiger partial charge in [-0.15, -0.1) is 0 Å². The minimum Gasteiger partial charge on any atom is -0.394 e. The van der Waals surface area contributed by atoms with Gasteiger partial charge in [-0.25, -0.2) is 4.98 Å². The first kappa shape index (κ1) is 13.7. The topological polar surface area (TPSA) is 142 Å². The Kier molecular flexibility index (Phi) is 4.27. The van der Waals surface area contributed by atoms with E-state index in [0.717, 1.165) is 16.6 Å². The third kappa shape index (κ3) is 3.18.